The highest BCUT2D eigenvalue weighted by Crippen LogP contribution is 2.37. The number of unbranched alkanes of at least 4 members (excludes halogenated alkanes) is 2. The van der Waals surface area contributed by atoms with Crippen LogP contribution in [-0.4, -0.2) is 21.5 Å². The fourth-order valence-corrected chi connectivity index (χ4v) is 5.98. The normalized spacial score (nSPS) is 14.6. The second-order valence-corrected chi connectivity index (χ2v) is 12.0. The summed E-state index contributed by atoms with van der Waals surface area (Å²) in [5.41, 5.74) is 0.852. The molecule has 0 heterocycles. The molecule has 0 spiro atoms. The van der Waals surface area contributed by atoms with Crippen LogP contribution < -0.4 is 0 Å². The van der Waals surface area contributed by atoms with Crippen molar-refractivity contribution in [2.24, 2.45) is 0 Å². The highest BCUT2D eigenvalue weighted by Gasteiger charge is 2.33. The molecule has 0 N–H and O–H groups in total. The minimum absolute atomic E-state index is 0.00845. The predicted octanol–water partition coefficient (Wildman–Crippen LogP) is 7.26. The molecule has 24 heavy (non-hydrogen) atoms. The summed E-state index contributed by atoms with van der Waals surface area (Å²) >= 11 is 12.9. The van der Waals surface area contributed by atoms with Crippen molar-refractivity contribution in [2.45, 2.75) is 77.3 Å². The molecule has 0 bridgehead atoms. The van der Waals surface area contributed by atoms with Crippen molar-refractivity contribution >= 4 is 31.5 Å². The van der Waals surface area contributed by atoms with E-state index in [2.05, 4.69) is 26.9 Å². The molecule has 5 heteroatoms. The van der Waals surface area contributed by atoms with Gasteiger partial charge < -0.3 is 9.16 Å². The van der Waals surface area contributed by atoms with Gasteiger partial charge in [-0.2, -0.15) is 0 Å². The highest BCUT2D eigenvalue weighted by molar-refractivity contribution is 6.71. The third-order valence-electron chi connectivity index (χ3n) is 4.32. The second-order valence-electron chi connectivity index (χ2n) is 6.95. The Hall–Kier alpha value is -0.0631. The van der Waals surface area contributed by atoms with Gasteiger partial charge in [0.2, 0.25) is 0 Å². The van der Waals surface area contributed by atoms with Gasteiger partial charge in [0.15, 0.2) is 8.32 Å². The van der Waals surface area contributed by atoms with Gasteiger partial charge in [-0.3, -0.25) is 0 Å². The summed E-state index contributed by atoms with van der Waals surface area (Å²) < 4.78 is 12.5. The summed E-state index contributed by atoms with van der Waals surface area (Å²) in [6.07, 6.45) is 5.36. The summed E-state index contributed by atoms with van der Waals surface area (Å²) in [5, 5.41) is 1.29. The van der Waals surface area contributed by atoms with Crippen molar-refractivity contribution in [3.05, 3.63) is 33.8 Å². The molecule has 138 valence electrons. The fourth-order valence-electron chi connectivity index (χ4n) is 2.99. The van der Waals surface area contributed by atoms with E-state index in [1.165, 1.54) is 18.9 Å². The van der Waals surface area contributed by atoms with Crippen LogP contribution in [0, 0.1) is 0 Å². The van der Waals surface area contributed by atoms with Gasteiger partial charge in [0.1, 0.15) is 6.10 Å². The van der Waals surface area contributed by atoms with E-state index in [9.17, 15) is 0 Å². The largest absolute Gasteiger partial charge is 0.411 e. The Morgan fingerprint density at radius 1 is 1.04 bits per heavy atom. The van der Waals surface area contributed by atoms with Crippen molar-refractivity contribution < 1.29 is 9.16 Å². The maximum absolute atomic E-state index is 6.66. The molecular formula is C19H32Cl2O2Si. The summed E-state index contributed by atoms with van der Waals surface area (Å²) in [6, 6.07) is 6.76. The Morgan fingerprint density at radius 3 is 2.12 bits per heavy atom. The van der Waals surface area contributed by atoms with Gasteiger partial charge in [-0.15, -0.1) is 0 Å². The average Bonchev–Trinajstić information content (AvgIpc) is 2.53. The molecule has 1 aromatic rings. The van der Waals surface area contributed by atoms with Crippen LogP contribution in [0.25, 0.3) is 0 Å². The van der Waals surface area contributed by atoms with Gasteiger partial charge in [-0.25, -0.2) is 0 Å². The molecule has 0 unspecified atom stereocenters. The SMILES string of the molecule is CCCC[C@H](O[Si](C)(C)CCCC)[C@@H](OC)c1c(Cl)cccc1Cl. The van der Waals surface area contributed by atoms with Gasteiger partial charge in [0.05, 0.1) is 6.10 Å². The summed E-state index contributed by atoms with van der Waals surface area (Å²) in [7, 11) is -0.0347. The fraction of sp³-hybridized carbons (Fsp3) is 0.684. The lowest BCUT2D eigenvalue weighted by atomic mass is 10.00. The Morgan fingerprint density at radius 2 is 1.62 bits per heavy atom. The third kappa shape index (κ3) is 6.68. The molecule has 0 aromatic heterocycles. The molecule has 0 saturated carbocycles. The van der Waals surface area contributed by atoms with Gasteiger partial charge >= 0.3 is 0 Å². The van der Waals surface area contributed by atoms with E-state index in [-0.39, 0.29) is 12.2 Å². The predicted molar refractivity (Wildman–Crippen MR) is 108 cm³/mol. The zero-order chi connectivity index (χ0) is 18.2. The lowest BCUT2D eigenvalue weighted by Gasteiger charge is -2.34. The molecule has 2 nitrogen and oxygen atoms in total. The van der Waals surface area contributed by atoms with Gasteiger partial charge in [-0.05, 0) is 37.7 Å². The van der Waals surface area contributed by atoms with E-state index < -0.39 is 8.32 Å². The topological polar surface area (TPSA) is 18.5 Å². The van der Waals surface area contributed by atoms with E-state index in [4.69, 9.17) is 32.4 Å². The van der Waals surface area contributed by atoms with E-state index in [1.807, 2.05) is 18.2 Å². The van der Waals surface area contributed by atoms with Crippen LogP contribution in [0.3, 0.4) is 0 Å². The van der Waals surface area contributed by atoms with Crippen LogP contribution >= 0.6 is 23.2 Å². The Labute approximate surface area is 159 Å². The summed E-state index contributed by atoms with van der Waals surface area (Å²) in [5.74, 6) is 0. The lowest BCUT2D eigenvalue weighted by Crippen LogP contribution is -2.38. The summed E-state index contributed by atoms with van der Waals surface area (Å²) in [6.45, 7) is 9.01. The monoisotopic (exact) mass is 390 g/mol. The van der Waals surface area contributed by atoms with Crippen LogP contribution in [0.4, 0.5) is 0 Å². The van der Waals surface area contributed by atoms with Crippen LogP contribution in [-0.2, 0) is 9.16 Å². The molecule has 2 atom stereocenters. The van der Waals surface area contributed by atoms with Crippen molar-refractivity contribution in [2.75, 3.05) is 7.11 Å². The van der Waals surface area contributed by atoms with E-state index in [0.717, 1.165) is 24.8 Å². The molecule has 0 aliphatic carbocycles. The quantitative estimate of drug-likeness (QED) is 0.370. The maximum Gasteiger partial charge on any atom is 0.187 e. The number of methoxy groups -OCH3 is 1. The molecule has 0 fully saturated rings. The molecule has 0 radical (unpaired) electrons. The first-order chi connectivity index (χ1) is 11.4. The van der Waals surface area contributed by atoms with Crippen molar-refractivity contribution in [3.8, 4) is 0 Å². The molecule has 0 aliphatic heterocycles. The first-order valence-corrected chi connectivity index (χ1v) is 12.9. The van der Waals surface area contributed by atoms with Crippen LogP contribution in [0.1, 0.15) is 57.6 Å². The number of hydrogen-bond acceptors (Lipinski definition) is 2. The van der Waals surface area contributed by atoms with Crippen molar-refractivity contribution in [1.29, 1.82) is 0 Å². The Bertz CT molecular complexity index is 474. The minimum Gasteiger partial charge on any atom is -0.411 e. The van der Waals surface area contributed by atoms with Crippen LogP contribution in [0.2, 0.25) is 29.2 Å². The van der Waals surface area contributed by atoms with Gasteiger partial charge in [0, 0.05) is 22.7 Å². The first-order valence-electron chi connectivity index (χ1n) is 9.00. The van der Waals surface area contributed by atoms with Gasteiger partial charge in [-0.1, -0.05) is 68.8 Å². The van der Waals surface area contributed by atoms with Crippen LogP contribution in [0.15, 0.2) is 18.2 Å². The summed E-state index contributed by atoms with van der Waals surface area (Å²) in [4.78, 5) is 0. The second kappa shape index (κ2) is 10.8. The van der Waals surface area contributed by atoms with E-state index in [0.29, 0.717) is 10.0 Å². The van der Waals surface area contributed by atoms with E-state index in [1.54, 1.807) is 7.11 Å². The highest BCUT2D eigenvalue weighted by atomic mass is 35.5. The molecule has 1 rings (SSSR count). The molecule has 0 aliphatic rings. The Kier molecular flexibility index (Phi) is 9.91. The zero-order valence-corrected chi connectivity index (χ0v) is 18.2. The minimum atomic E-state index is -1.75. The van der Waals surface area contributed by atoms with E-state index >= 15 is 0 Å². The van der Waals surface area contributed by atoms with Crippen molar-refractivity contribution in [1.82, 2.24) is 0 Å². The first kappa shape index (κ1) is 22.0. The number of benzene rings is 1. The lowest BCUT2D eigenvalue weighted by molar-refractivity contribution is -0.00899. The number of ether oxygens (including phenoxy) is 1. The molecular weight excluding hydrogens is 359 g/mol. The van der Waals surface area contributed by atoms with Crippen LogP contribution in [0.5, 0.6) is 0 Å². The average molecular weight is 391 g/mol. The number of rotatable bonds is 11. The smallest absolute Gasteiger partial charge is 0.187 e. The molecule has 0 amide bonds. The van der Waals surface area contributed by atoms with Gasteiger partial charge in [0.25, 0.3) is 0 Å². The molecule has 1 aromatic carbocycles. The maximum atomic E-state index is 6.66. The number of hydrogen-bond donors (Lipinski definition) is 0. The Balaban J connectivity index is 3.07. The standard InChI is InChI=1S/C19H32Cl2O2Si/c1-6-8-13-17(23-24(4,5)14-9-7-2)19(22-3)18-15(20)11-10-12-16(18)21/h10-12,17,19H,6-9,13-14H2,1-5H3/t17-,19+/m0/s1. The number of halogens is 2. The van der Waals surface area contributed by atoms with Crippen molar-refractivity contribution in [3.63, 3.8) is 0 Å². The zero-order valence-electron chi connectivity index (χ0n) is 15.7. The third-order valence-corrected chi connectivity index (χ3v) is 7.48. The molecule has 0 saturated heterocycles.